The lowest BCUT2D eigenvalue weighted by Crippen LogP contribution is -2.30. The molecule has 1 aromatic rings. The second kappa shape index (κ2) is 6.20. The summed E-state index contributed by atoms with van der Waals surface area (Å²) in [7, 11) is 3.23. The molecule has 1 unspecified atom stereocenters. The van der Waals surface area contributed by atoms with Gasteiger partial charge in [-0.2, -0.15) is 0 Å². The lowest BCUT2D eigenvalue weighted by atomic mass is 10.2. The molecule has 1 aromatic heterocycles. The number of hydrogen-bond acceptors (Lipinski definition) is 4. The number of methoxy groups -OCH3 is 1. The van der Waals surface area contributed by atoms with Gasteiger partial charge in [-0.25, -0.2) is 0 Å². The predicted molar refractivity (Wildman–Crippen MR) is 64.0 cm³/mol. The highest BCUT2D eigenvalue weighted by Crippen LogP contribution is 2.11. The third-order valence-electron chi connectivity index (χ3n) is 2.42. The molecule has 17 heavy (non-hydrogen) atoms. The quantitative estimate of drug-likeness (QED) is 0.829. The maximum absolute atomic E-state index is 12.0. The highest BCUT2D eigenvalue weighted by molar-refractivity contribution is 5.92. The van der Waals surface area contributed by atoms with Crippen LogP contribution < -0.4 is 4.74 Å². The van der Waals surface area contributed by atoms with Gasteiger partial charge in [-0.15, -0.1) is 0 Å². The van der Waals surface area contributed by atoms with E-state index in [2.05, 4.69) is 4.98 Å². The fraction of sp³-hybridized carbons (Fsp3) is 0.500. The van der Waals surface area contributed by atoms with Gasteiger partial charge in [0, 0.05) is 25.9 Å². The third-order valence-corrected chi connectivity index (χ3v) is 2.42. The van der Waals surface area contributed by atoms with E-state index in [9.17, 15) is 4.79 Å². The van der Waals surface area contributed by atoms with E-state index < -0.39 is 6.10 Å². The van der Waals surface area contributed by atoms with Crippen LogP contribution in [0.2, 0.25) is 0 Å². The Balaban J connectivity index is 2.67. The average Bonchev–Trinajstić information content (AvgIpc) is 2.35. The summed E-state index contributed by atoms with van der Waals surface area (Å²) < 4.78 is 5.03. The van der Waals surface area contributed by atoms with Crippen LogP contribution in [0.4, 0.5) is 0 Å². The van der Waals surface area contributed by atoms with E-state index in [-0.39, 0.29) is 5.91 Å². The Morgan fingerprint density at radius 1 is 1.65 bits per heavy atom. The van der Waals surface area contributed by atoms with Gasteiger partial charge in [0.25, 0.3) is 5.91 Å². The molecule has 1 heterocycles. The molecule has 5 heteroatoms. The minimum absolute atomic E-state index is 0.176. The minimum atomic E-state index is -0.413. The summed E-state index contributed by atoms with van der Waals surface area (Å²) in [6.07, 6.45) is 1.67. The maximum Gasteiger partial charge on any atom is 0.272 e. The molecule has 0 aliphatic rings. The van der Waals surface area contributed by atoms with Crippen molar-refractivity contribution in [3.63, 3.8) is 0 Å². The lowest BCUT2D eigenvalue weighted by Gasteiger charge is -2.17. The number of carbonyl (C=O) groups excluding carboxylic acids is 1. The van der Waals surface area contributed by atoms with Crippen LogP contribution in [0.3, 0.4) is 0 Å². The molecule has 1 atom stereocenters. The van der Waals surface area contributed by atoms with Crippen LogP contribution in [-0.4, -0.2) is 47.7 Å². The standard InChI is InChI=1S/C12H18N2O3/c1-9(15)5-7-14(2)12(16)11-8-10(17-3)4-6-13-11/h4,6,8-9,15H,5,7H2,1-3H3. The van der Waals surface area contributed by atoms with Crippen LogP contribution in [0.5, 0.6) is 5.75 Å². The molecule has 0 aromatic carbocycles. The molecule has 0 fully saturated rings. The van der Waals surface area contributed by atoms with Crippen molar-refractivity contribution in [2.24, 2.45) is 0 Å². The van der Waals surface area contributed by atoms with E-state index in [0.717, 1.165) is 0 Å². The van der Waals surface area contributed by atoms with E-state index >= 15 is 0 Å². The van der Waals surface area contributed by atoms with E-state index in [0.29, 0.717) is 24.4 Å². The molecule has 0 bridgehead atoms. The molecule has 1 amide bonds. The Labute approximate surface area is 101 Å². The third kappa shape index (κ3) is 4.03. The first kappa shape index (κ1) is 13.4. The van der Waals surface area contributed by atoms with Crippen molar-refractivity contribution in [2.75, 3.05) is 20.7 Å². The maximum atomic E-state index is 12.0. The van der Waals surface area contributed by atoms with Crippen molar-refractivity contribution in [2.45, 2.75) is 19.4 Å². The minimum Gasteiger partial charge on any atom is -0.497 e. The zero-order valence-corrected chi connectivity index (χ0v) is 10.4. The van der Waals surface area contributed by atoms with Crippen molar-refractivity contribution in [1.82, 2.24) is 9.88 Å². The molecule has 94 valence electrons. The molecule has 0 saturated carbocycles. The van der Waals surface area contributed by atoms with Crippen molar-refractivity contribution < 1.29 is 14.6 Å². The van der Waals surface area contributed by atoms with Gasteiger partial charge in [0.05, 0.1) is 13.2 Å². The molecule has 0 aliphatic heterocycles. The summed E-state index contributed by atoms with van der Waals surface area (Å²) in [4.78, 5) is 17.5. The molecule has 0 aliphatic carbocycles. The Hall–Kier alpha value is -1.62. The van der Waals surface area contributed by atoms with Gasteiger partial charge in [-0.3, -0.25) is 9.78 Å². The Kier molecular flexibility index (Phi) is 4.90. The Bertz CT molecular complexity index is 380. The van der Waals surface area contributed by atoms with Crippen molar-refractivity contribution in [1.29, 1.82) is 0 Å². The summed E-state index contributed by atoms with van der Waals surface area (Å²) in [6.45, 7) is 2.19. The largest absolute Gasteiger partial charge is 0.497 e. The lowest BCUT2D eigenvalue weighted by molar-refractivity contribution is 0.0763. The van der Waals surface area contributed by atoms with E-state index in [1.165, 1.54) is 11.1 Å². The molecular formula is C12H18N2O3. The number of aliphatic hydroxyl groups is 1. The van der Waals surface area contributed by atoms with E-state index in [1.807, 2.05) is 0 Å². The highest BCUT2D eigenvalue weighted by atomic mass is 16.5. The molecule has 1 rings (SSSR count). The van der Waals surface area contributed by atoms with Crippen LogP contribution in [0.15, 0.2) is 18.3 Å². The number of nitrogens with zero attached hydrogens (tertiary/aromatic N) is 2. The summed E-state index contributed by atoms with van der Waals surface area (Å²) in [6, 6.07) is 3.29. The van der Waals surface area contributed by atoms with E-state index in [4.69, 9.17) is 9.84 Å². The summed E-state index contributed by atoms with van der Waals surface area (Å²) in [5.74, 6) is 0.428. The van der Waals surface area contributed by atoms with E-state index in [1.54, 1.807) is 33.2 Å². The molecule has 1 N–H and O–H groups in total. The van der Waals surface area contributed by atoms with Gasteiger partial charge in [0.2, 0.25) is 0 Å². The van der Waals surface area contributed by atoms with Crippen LogP contribution in [0.25, 0.3) is 0 Å². The normalized spacial score (nSPS) is 12.0. The van der Waals surface area contributed by atoms with Gasteiger partial charge < -0.3 is 14.7 Å². The average molecular weight is 238 g/mol. The highest BCUT2D eigenvalue weighted by Gasteiger charge is 2.14. The zero-order valence-electron chi connectivity index (χ0n) is 10.4. The second-order valence-electron chi connectivity index (χ2n) is 3.95. The topological polar surface area (TPSA) is 62.7 Å². The van der Waals surface area contributed by atoms with Crippen molar-refractivity contribution in [3.8, 4) is 5.75 Å². The number of pyridine rings is 1. The number of aliphatic hydroxyl groups excluding tert-OH is 1. The van der Waals surface area contributed by atoms with Gasteiger partial charge in [0.1, 0.15) is 11.4 Å². The first-order chi connectivity index (χ1) is 8.04. The molecule has 0 saturated heterocycles. The first-order valence-electron chi connectivity index (χ1n) is 5.48. The van der Waals surface area contributed by atoms with Crippen LogP contribution in [0, 0.1) is 0 Å². The van der Waals surface area contributed by atoms with Crippen LogP contribution in [0.1, 0.15) is 23.8 Å². The number of amides is 1. The first-order valence-corrected chi connectivity index (χ1v) is 5.48. The number of carbonyl (C=O) groups is 1. The SMILES string of the molecule is COc1ccnc(C(=O)N(C)CCC(C)O)c1. The smallest absolute Gasteiger partial charge is 0.272 e. The van der Waals surface area contributed by atoms with Gasteiger partial charge >= 0.3 is 0 Å². The molecule has 0 spiro atoms. The fourth-order valence-corrected chi connectivity index (χ4v) is 1.33. The number of hydrogen-bond donors (Lipinski definition) is 1. The summed E-state index contributed by atoms with van der Waals surface area (Å²) in [5, 5.41) is 9.16. The number of rotatable bonds is 5. The predicted octanol–water partition coefficient (Wildman–Crippen LogP) is 0.933. The molecular weight excluding hydrogens is 220 g/mol. The second-order valence-corrected chi connectivity index (χ2v) is 3.95. The summed E-state index contributed by atoms with van der Waals surface area (Å²) >= 11 is 0. The summed E-state index contributed by atoms with van der Waals surface area (Å²) in [5.41, 5.74) is 0.345. The van der Waals surface area contributed by atoms with Crippen molar-refractivity contribution >= 4 is 5.91 Å². The molecule has 5 nitrogen and oxygen atoms in total. The van der Waals surface area contributed by atoms with Crippen LogP contribution in [-0.2, 0) is 0 Å². The van der Waals surface area contributed by atoms with Gasteiger partial charge in [-0.1, -0.05) is 0 Å². The molecule has 0 radical (unpaired) electrons. The number of aromatic nitrogens is 1. The van der Waals surface area contributed by atoms with Gasteiger partial charge in [0.15, 0.2) is 0 Å². The number of ether oxygens (including phenoxy) is 1. The zero-order chi connectivity index (χ0) is 12.8. The monoisotopic (exact) mass is 238 g/mol. The van der Waals surface area contributed by atoms with Crippen LogP contribution >= 0.6 is 0 Å². The Morgan fingerprint density at radius 2 is 2.35 bits per heavy atom. The van der Waals surface area contributed by atoms with Gasteiger partial charge in [-0.05, 0) is 19.4 Å². The Morgan fingerprint density at radius 3 is 2.94 bits per heavy atom. The van der Waals surface area contributed by atoms with Crippen molar-refractivity contribution in [3.05, 3.63) is 24.0 Å². The fourth-order valence-electron chi connectivity index (χ4n) is 1.33.